The number of anilines is 1. The minimum atomic E-state index is -4.08. The smallest absolute Gasteiger partial charge is 0.327 e. The van der Waals surface area contributed by atoms with Gasteiger partial charge in [0, 0.05) is 13.1 Å². The average Bonchev–Trinajstić information content (AvgIpc) is 2.64. The Balaban J connectivity index is 2.04. The van der Waals surface area contributed by atoms with Crippen molar-refractivity contribution in [2.75, 3.05) is 45.0 Å². The molecular formula is C15H17N3O6S. The van der Waals surface area contributed by atoms with Crippen molar-refractivity contribution in [1.29, 1.82) is 0 Å². The van der Waals surface area contributed by atoms with Crippen molar-refractivity contribution < 1.29 is 27.5 Å². The first kappa shape index (κ1) is 17.4. The number of ether oxygens (including phenoxy) is 2. The van der Waals surface area contributed by atoms with E-state index in [9.17, 15) is 18.0 Å². The zero-order chi connectivity index (χ0) is 18.0. The van der Waals surface area contributed by atoms with Crippen LogP contribution in [-0.4, -0.2) is 70.2 Å². The Morgan fingerprint density at radius 1 is 1.24 bits per heavy atom. The Bertz CT molecular complexity index is 829. The summed E-state index contributed by atoms with van der Waals surface area (Å²) in [6.07, 6.45) is 0. The predicted octanol–water partition coefficient (Wildman–Crippen LogP) is -0.374. The van der Waals surface area contributed by atoms with E-state index in [0.29, 0.717) is 13.2 Å². The van der Waals surface area contributed by atoms with Crippen molar-refractivity contribution in [2.24, 2.45) is 5.10 Å². The molecule has 2 aliphatic rings. The number of carbonyl (C=O) groups is 2. The molecule has 1 saturated heterocycles. The number of hydrogen-bond donors (Lipinski definition) is 0. The number of para-hydroxylation sites is 1. The number of amides is 1. The molecule has 0 radical (unpaired) electrons. The lowest BCUT2D eigenvalue weighted by Gasteiger charge is -2.30. The molecule has 1 amide bonds. The molecule has 3 rings (SSSR count). The van der Waals surface area contributed by atoms with Gasteiger partial charge in [0.2, 0.25) is 14.9 Å². The van der Waals surface area contributed by atoms with Crippen LogP contribution in [0.2, 0.25) is 0 Å². The second kappa shape index (κ2) is 6.81. The molecule has 0 unspecified atom stereocenters. The van der Waals surface area contributed by atoms with Gasteiger partial charge in [-0.15, -0.1) is 0 Å². The number of nitrogens with zero attached hydrogens (tertiary/aromatic N) is 3. The molecule has 9 nitrogen and oxygen atoms in total. The summed E-state index contributed by atoms with van der Waals surface area (Å²) in [5.41, 5.74) is 0.228. The molecule has 0 aromatic heterocycles. The van der Waals surface area contributed by atoms with E-state index in [4.69, 9.17) is 4.74 Å². The van der Waals surface area contributed by atoms with Gasteiger partial charge < -0.3 is 14.4 Å². The number of methoxy groups -OCH3 is 1. The van der Waals surface area contributed by atoms with Crippen molar-refractivity contribution in [1.82, 2.24) is 4.90 Å². The van der Waals surface area contributed by atoms with Crippen LogP contribution in [-0.2, 0) is 28.9 Å². The summed E-state index contributed by atoms with van der Waals surface area (Å²) in [7, 11) is -2.86. The summed E-state index contributed by atoms with van der Waals surface area (Å²) in [4.78, 5) is 25.6. The number of morpholine rings is 1. The maximum atomic E-state index is 12.8. The maximum absolute atomic E-state index is 12.8. The van der Waals surface area contributed by atoms with Crippen molar-refractivity contribution in [3.05, 3.63) is 24.3 Å². The first-order valence-corrected chi connectivity index (χ1v) is 9.07. The van der Waals surface area contributed by atoms with Gasteiger partial charge >= 0.3 is 5.97 Å². The third-order valence-corrected chi connectivity index (χ3v) is 5.58. The van der Waals surface area contributed by atoms with E-state index in [1.165, 1.54) is 29.2 Å². The molecule has 10 heteroatoms. The molecule has 0 atom stereocenters. The maximum Gasteiger partial charge on any atom is 0.327 e. The standard InChI is InChI=1S/C15H17N3O6S/c1-23-13(19)10-18-11-4-2-3-5-12(11)25(21,22)14(16-18)15(20)17-6-8-24-9-7-17/h2-5H,6-10H2,1H3. The van der Waals surface area contributed by atoms with Gasteiger partial charge in [-0.1, -0.05) is 12.1 Å². The van der Waals surface area contributed by atoms with Gasteiger partial charge in [-0.2, -0.15) is 5.10 Å². The highest BCUT2D eigenvalue weighted by Crippen LogP contribution is 2.31. The lowest BCUT2D eigenvalue weighted by Crippen LogP contribution is -2.48. The molecule has 0 aliphatic carbocycles. The third kappa shape index (κ3) is 3.22. The summed E-state index contributed by atoms with van der Waals surface area (Å²) in [5.74, 6) is -1.30. The van der Waals surface area contributed by atoms with E-state index < -0.39 is 26.8 Å². The van der Waals surface area contributed by atoms with Crippen molar-refractivity contribution in [3.8, 4) is 0 Å². The molecule has 0 spiro atoms. The Hall–Kier alpha value is -2.46. The van der Waals surface area contributed by atoms with Gasteiger partial charge in [-0.25, -0.2) is 8.42 Å². The van der Waals surface area contributed by atoms with Gasteiger partial charge in [0.05, 0.1) is 30.9 Å². The number of esters is 1. The zero-order valence-electron chi connectivity index (χ0n) is 13.5. The Kier molecular flexibility index (Phi) is 4.73. The lowest BCUT2D eigenvalue weighted by atomic mass is 10.3. The first-order chi connectivity index (χ1) is 11.9. The molecule has 25 heavy (non-hydrogen) atoms. The van der Waals surface area contributed by atoms with Crippen LogP contribution in [0.3, 0.4) is 0 Å². The Morgan fingerprint density at radius 2 is 1.92 bits per heavy atom. The molecule has 1 aromatic carbocycles. The summed E-state index contributed by atoms with van der Waals surface area (Å²) in [5, 5.41) is 4.54. The molecule has 1 aromatic rings. The minimum Gasteiger partial charge on any atom is -0.468 e. The monoisotopic (exact) mass is 367 g/mol. The van der Waals surface area contributed by atoms with Crippen LogP contribution in [0.5, 0.6) is 0 Å². The topological polar surface area (TPSA) is 106 Å². The number of hydrogen-bond acceptors (Lipinski definition) is 8. The van der Waals surface area contributed by atoms with Crippen molar-refractivity contribution in [2.45, 2.75) is 4.90 Å². The first-order valence-electron chi connectivity index (χ1n) is 7.59. The van der Waals surface area contributed by atoms with E-state index in [0.717, 1.165) is 0 Å². The molecule has 2 aliphatic heterocycles. The molecule has 2 heterocycles. The van der Waals surface area contributed by atoms with Gasteiger partial charge in [0.25, 0.3) is 5.91 Å². The van der Waals surface area contributed by atoms with Gasteiger partial charge in [-0.05, 0) is 12.1 Å². The Labute approximate surface area is 144 Å². The lowest BCUT2D eigenvalue weighted by molar-refractivity contribution is -0.139. The quantitative estimate of drug-likeness (QED) is 0.671. The fraction of sp³-hybridized carbons (Fsp3) is 0.400. The van der Waals surface area contributed by atoms with Gasteiger partial charge in [-0.3, -0.25) is 14.6 Å². The number of hydrazone groups is 1. The molecule has 0 bridgehead atoms. The fourth-order valence-corrected chi connectivity index (χ4v) is 4.07. The zero-order valence-corrected chi connectivity index (χ0v) is 14.4. The molecular weight excluding hydrogens is 350 g/mol. The average molecular weight is 367 g/mol. The number of rotatable bonds is 3. The fourth-order valence-electron chi connectivity index (χ4n) is 2.59. The van der Waals surface area contributed by atoms with Gasteiger partial charge in [0.1, 0.15) is 6.54 Å². The highest BCUT2D eigenvalue weighted by molar-refractivity contribution is 8.08. The SMILES string of the molecule is COC(=O)CN1N=C(C(=O)N2CCOCC2)S(=O)(=O)c2ccccc21. The van der Waals surface area contributed by atoms with E-state index in [2.05, 4.69) is 9.84 Å². The highest BCUT2D eigenvalue weighted by Gasteiger charge is 2.40. The van der Waals surface area contributed by atoms with E-state index >= 15 is 0 Å². The number of benzene rings is 1. The molecule has 0 saturated carbocycles. The summed E-state index contributed by atoms with van der Waals surface area (Å²) in [6, 6.07) is 6.09. The largest absolute Gasteiger partial charge is 0.468 e. The number of carbonyl (C=O) groups excluding carboxylic acids is 2. The van der Waals surface area contributed by atoms with Crippen LogP contribution in [0.15, 0.2) is 34.3 Å². The Morgan fingerprint density at radius 3 is 2.60 bits per heavy atom. The predicted molar refractivity (Wildman–Crippen MR) is 87.8 cm³/mol. The van der Waals surface area contributed by atoms with Crippen molar-refractivity contribution >= 4 is 32.4 Å². The molecule has 134 valence electrons. The van der Waals surface area contributed by atoms with Crippen LogP contribution in [0, 0.1) is 0 Å². The molecule has 0 N–H and O–H groups in total. The second-order valence-corrected chi connectivity index (χ2v) is 7.25. The number of fused-ring (bicyclic) bond motifs is 1. The van der Waals surface area contributed by atoms with Crippen molar-refractivity contribution in [3.63, 3.8) is 0 Å². The summed E-state index contributed by atoms with van der Waals surface area (Å²) < 4.78 is 35.5. The normalized spacial score (nSPS) is 19.0. The second-order valence-electron chi connectivity index (χ2n) is 5.41. The van der Waals surface area contributed by atoms with Crippen LogP contribution >= 0.6 is 0 Å². The van der Waals surface area contributed by atoms with Crippen LogP contribution in [0.25, 0.3) is 0 Å². The molecule has 1 fully saturated rings. The van der Waals surface area contributed by atoms with Gasteiger partial charge in [0.15, 0.2) is 0 Å². The number of sulfone groups is 1. The van der Waals surface area contributed by atoms with Crippen LogP contribution in [0.1, 0.15) is 0 Å². The third-order valence-electron chi connectivity index (χ3n) is 3.89. The van der Waals surface area contributed by atoms with Crippen LogP contribution < -0.4 is 5.01 Å². The van der Waals surface area contributed by atoms with E-state index in [1.54, 1.807) is 12.1 Å². The summed E-state index contributed by atoms with van der Waals surface area (Å²) in [6.45, 7) is 0.935. The highest BCUT2D eigenvalue weighted by atomic mass is 32.2. The van der Waals surface area contributed by atoms with E-state index in [1.807, 2.05) is 0 Å². The van der Waals surface area contributed by atoms with E-state index in [-0.39, 0.29) is 30.2 Å². The minimum absolute atomic E-state index is 0.0643. The van der Waals surface area contributed by atoms with Crippen LogP contribution in [0.4, 0.5) is 5.69 Å². The summed E-state index contributed by atoms with van der Waals surface area (Å²) >= 11 is 0.